The number of hydrogen-bond acceptors (Lipinski definition) is 6. The monoisotopic (exact) mass is 487 g/mol. The van der Waals surface area contributed by atoms with Gasteiger partial charge >= 0.3 is 0 Å². The third-order valence-corrected chi connectivity index (χ3v) is 7.24. The first kappa shape index (κ1) is 24.1. The first-order chi connectivity index (χ1) is 17.5. The lowest BCUT2D eigenvalue weighted by atomic mass is 9.86. The number of methoxy groups -OCH3 is 1. The van der Waals surface area contributed by atoms with Crippen molar-refractivity contribution in [1.29, 1.82) is 0 Å². The van der Waals surface area contributed by atoms with Gasteiger partial charge in [0.1, 0.15) is 30.0 Å². The molecule has 0 spiro atoms. The van der Waals surface area contributed by atoms with E-state index < -0.39 is 6.10 Å². The summed E-state index contributed by atoms with van der Waals surface area (Å²) in [5.74, 6) is 3.03. The van der Waals surface area contributed by atoms with Crippen molar-refractivity contribution in [3.05, 3.63) is 77.4 Å². The zero-order valence-corrected chi connectivity index (χ0v) is 21.0. The highest BCUT2D eigenvalue weighted by molar-refractivity contribution is 5.96. The third-order valence-electron chi connectivity index (χ3n) is 7.24. The number of allylic oxidation sites excluding steroid dienone is 1. The summed E-state index contributed by atoms with van der Waals surface area (Å²) in [7, 11) is 1.53. The van der Waals surface area contributed by atoms with E-state index in [2.05, 4.69) is 11.8 Å². The fraction of sp³-hybridized carbons (Fsp3) is 0.333. The van der Waals surface area contributed by atoms with Crippen LogP contribution in [0.25, 0.3) is 11.1 Å². The molecule has 0 radical (unpaired) electrons. The fourth-order valence-electron chi connectivity index (χ4n) is 5.05. The van der Waals surface area contributed by atoms with Crippen LogP contribution in [0.15, 0.2) is 60.7 Å². The number of phenols is 2. The van der Waals surface area contributed by atoms with Crippen LogP contribution in [0.2, 0.25) is 0 Å². The number of phenolic OH excluding ortho intramolecular Hbond substituents is 2. The van der Waals surface area contributed by atoms with Gasteiger partial charge in [-0.2, -0.15) is 0 Å². The van der Waals surface area contributed by atoms with Gasteiger partial charge in [-0.15, -0.1) is 0 Å². The maximum Gasteiger partial charge on any atom is 0.160 e. The largest absolute Gasteiger partial charge is 0.508 e. The molecular formula is C30H33NO5. The van der Waals surface area contributed by atoms with Crippen LogP contribution < -0.4 is 14.2 Å². The maximum absolute atomic E-state index is 10.5. The van der Waals surface area contributed by atoms with Crippen LogP contribution in [-0.2, 0) is 0 Å². The Balaban J connectivity index is 1.40. The molecule has 3 aromatic carbocycles. The minimum atomic E-state index is -0.393. The Morgan fingerprint density at radius 2 is 1.78 bits per heavy atom. The molecule has 188 valence electrons. The van der Waals surface area contributed by atoms with Crippen LogP contribution in [0.4, 0.5) is 0 Å². The Morgan fingerprint density at radius 3 is 2.47 bits per heavy atom. The van der Waals surface area contributed by atoms with E-state index in [9.17, 15) is 10.2 Å². The molecule has 6 nitrogen and oxygen atoms in total. The molecule has 1 unspecified atom stereocenters. The molecular weight excluding hydrogens is 454 g/mol. The normalized spacial score (nSPS) is 17.8. The highest BCUT2D eigenvalue weighted by Gasteiger charge is 2.30. The molecule has 36 heavy (non-hydrogen) atoms. The Hall–Kier alpha value is -3.64. The van der Waals surface area contributed by atoms with Crippen molar-refractivity contribution >= 4 is 11.1 Å². The zero-order chi connectivity index (χ0) is 25.2. The number of benzene rings is 3. The van der Waals surface area contributed by atoms with Crippen molar-refractivity contribution < 1.29 is 24.4 Å². The fourth-order valence-corrected chi connectivity index (χ4v) is 5.05. The molecule has 2 aliphatic heterocycles. The quantitative estimate of drug-likeness (QED) is 0.413. The Kier molecular flexibility index (Phi) is 6.79. The molecule has 3 aromatic rings. The third kappa shape index (κ3) is 4.73. The lowest BCUT2D eigenvalue weighted by molar-refractivity contribution is 0.0806. The summed E-state index contributed by atoms with van der Waals surface area (Å²) in [6, 6.07) is 18.5. The molecule has 2 aliphatic rings. The van der Waals surface area contributed by atoms with Gasteiger partial charge in [-0.25, -0.2) is 0 Å². The maximum atomic E-state index is 10.5. The number of ether oxygens (including phenoxy) is 3. The van der Waals surface area contributed by atoms with E-state index in [0.717, 1.165) is 46.0 Å². The standard InChI is InChI=1S/C30H33NO5/c1-4-20-17-31(18-20)13-14-35-24-9-5-21(6-10-24)30-29(22-7-11-28(34-3)26(33)15-22)19(2)25-16-23(32)8-12-27(25)36-30/h5-12,15-16,20,30,32-33H,4,13-14,17-18H2,1-3H3. The summed E-state index contributed by atoms with van der Waals surface area (Å²) >= 11 is 0. The number of likely N-dealkylation sites (tertiary alicyclic amines) is 1. The minimum Gasteiger partial charge on any atom is -0.508 e. The van der Waals surface area contributed by atoms with Gasteiger partial charge in [0, 0.05) is 30.8 Å². The molecule has 0 bridgehead atoms. The smallest absolute Gasteiger partial charge is 0.160 e. The van der Waals surface area contributed by atoms with Gasteiger partial charge in [0.15, 0.2) is 11.5 Å². The Labute approximate surface area is 212 Å². The number of rotatable bonds is 8. The minimum absolute atomic E-state index is 0.0620. The summed E-state index contributed by atoms with van der Waals surface area (Å²) in [4.78, 5) is 2.43. The number of nitrogens with zero attached hydrogens (tertiary/aromatic N) is 1. The second kappa shape index (κ2) is 10.2. The predicted molar refractivity (Wildman–Crippen MR) is 141 cm³/mol. The van der Waals surface area contributed by atoms with Gasteiger partial charge in [-0.3, -0.25) is 4.90 Å². The average molecular weight is 488 g/mol. The molecule has 5 rings (SSSR count). The molecule has 2 heterocycles. The number of fused-ring (bicyclic) bond motifs is 1. The van der Waals surface area contributed by atoms with Gasteiger partial charge in [0.25, 0.3) is 0 Å². The first-order valence-corrected chi connectivity index (χ1v) is 12.5. The van der Waals surface area contributed by atoms with Gasteiger partial charge < -0.3 is 24.4 Å². The van der Waals surface area contributed by atoms with Crippen molar-refractivity contribution in [2.45, 2.75) is 26.4 Å². The van der Waals surface area contributed by atoms with Gasteiger partial charge in [-0.1, -0.05) is 31.5 Å². The van der Waals surface area contributed by atoms with E-state index in [1.807, 2.05) is 37.3 Å². The van der Waals surface area contributed by atoms with E-state index in [1.54, 1.807) is 30.3 Å². The van der Waals surface area contributed by atoms with Crippen LogP contribution in [-0.4, -0.2) is 48.5 Å². The molecule has 0 amide bonds. The average Bonchev–Trinajstić information content (AvgIpc) is 2.86. The SMILES string of the molecule is CCC1CN(CCOc2ccc(C3Oc4ccc(O)cc4C(C)=C3c3ccc(OC)c(O)c3)cc2)C1. The highest BCUT2D eigenvalue weighted by atomic mass is 16.5. The lowest BCUT2D eigenvalue weighted by Crippen LogP contribution is -2.47. The van der Waals surface area contributed by atoms with E-state index in [1.165, 1.54) is 26.6 Å². The molecule has 1 atom stereocenters. The number of hydrogen-bond donors (Lipinski definition) is 2. The van der Waals surface area contributed by atoms with Crippen molar-refractivity contribution in [3.63, 3.8) is 0 Å². The second-order valence-electron chi connectivity index (χ2n) is 9.56. The summed E-state index contributed by atoms with van der Waals surface area (Å²) in [5.41, 5.74) is 4.52. The van der Waals surface area contributed by atoms with Crippen LogP contribution in [0.3, 0.4) is 0 Å². The second-order valence-corrected chi connectivity index (χ2v) is 9.56. The molecule has 0 saturated carbocycles. The van der Waals surface area contributed by atoms with E-state index in [-0.39, 0.29) is 11.5 Å². The molecule has 6 heteroatoms. The van der Waals surface area contributed by atoms with Crippen LogP contribution in [0, 0.1) is 5.92 Å². The van der Waals surface area contributed by atoms with E-state index in [0.29, 0.717) is 18.1 Å². The van der Waals surface area contributed by atoms with Crippen molar-refractivity contribution in [3.8, 4) is 28.7 Å². The topological polar surface area (TPSA) is 71.4 Å². The van der Waals surface area contributed by atoms with E-state index in [4.69, 9.17) is 14.2 Å². The first-order valence-electron chi connectivity index (χ1n) is 12.5. The summed E-state index contributed by atoms with van der Waals surface area (Å²) in [6.45, 7) is 8.22. The van der Waals surface area contributed by atoms with Crippen molar-refractivity contribution in [1.82, 2.24) is 4.90 Å². The predicted octanol–water partition coefficient (Wildman–Crippen LogP) is 5.89. The summed E-state index contributed by atoms with van der Waals surface area (Å²) in [6.07, 6.45) is 0.857. The molecule has 0 aromatic heterocycles. The summed E-state index contributed by atoms with van der Waals surface area (Å²) in [5, 5.41) is 20.6. The molecule has 1 saturated heterocycles. The highest BCUT2D eigenvalue weighted by Crippen LogP contribution is 2.48. The van der Waals surface area contributed by atoms with Gasteiger partial charge in [0.05, 0.1) is 7.11 Å². The molecule has 1 fully saturated rings. The van der Waals surface area contributed by atoms with E-state index >= 15 is 0 Å². The summed E-state index contributed by atoms with van der Waals surface area (Å²) < 4.78 is 17.7. The number of aromatic hydroxyl groups is 2. The van der Waals surface area contributed by atoms with Crippen LogP contribution in [0.1, 0.15) is 43.1 Å². The van der Waals surface area contributed by atoms with Gasteiger partial charge in [-0.05, 0) is 72.0 Å². The molecule has 0 aliphatic carbocycles. The van der Waals surface area contributed by atoms with Crippen LogP contribution in [0.5, 0.6) is 28.7 Å². The van der Waals surface area contributed by atoms with Gasteiger partial charge in [0.2, 0.25) is 0 Å². The zero-order valence-electron chi connectivity index (χ0n) is 21.0. The molecule has 2 N–H and O–H groups in total. The Morgan fingerprint density at radius 1 is 1.00 bits per heavy atom. The van der Waals surface area contributed by atoms with Crippen LogP contribution >= 0.6 is 0 Å². The Bertz CT molecular complexity index is 1260. The van der Waals surface area contributed by atoms with Crippen molar-refractivity contribution in [2.24, 2.45) is 5.92 Å². The lowest BCUT2D eigenvalue weighted by Gasteiger charge is -2.38. The van der Waals surface area contributed by atoms with Crippen molar-refractivity contribution in [2.75, 3.05) is 33.4 Å².